The van der Waals surface area contributed by atoms with Crippen molar-refractivity contribution in [1.29, 1.82) is 0 Å². The van der Waals surface area contributed by atoms with Crippen LogP contribution >= 0.6 is 11.6 Å². The van der Waals surface area contributed by atoms with E-state index in [4.69, 9.17) is 11.6 Å². The Morgan fingerprint density at radius 2 is 1.78 bits per heavy atom. The van der Waals surface area contributed by atoms with Gasteiger partial charge in [0.25, 0.3) is 11.8 Å². The highest BCUT2D eigenvalue weighted by molar-refractivity contribution is 6.30. The van der Waals surface area contributed by atoms with Crippen LogP contribution in [0.5, 0.6) is 5.75 Å². The highest BCUT2D eigenvalue weighted by Crippen LogP contribution is 2.25. The second-order valence-corrected chi connectivity index (χ2v) is 6.14. The maximum Gasteiger partial charge on any atom is 0.259 e. The molecule has 3 aromatic rings. The van der Waals surface area contributed by atoms with Gasteiger partial charge < -0.3 is 10.4 Å². The van der Waals surface area contributed by atoms with Crippen molar-refractivity contribution in [3.8, 4) is 5.75 Å². The minimum Gasteiger partial charge on any atom is -0.507 e. The van der Waals surface area contributed by atoms with Crippen LogP contribution in [0.1, 0.15) is 15.9 Å². The number of fused-ring (bicyclic) bond motifs is 1. The number of phenolic OH excluding ortho intramolecular Hbond substituents is 1. The number of benzene rings is 3. The minimum atomic E-state index is -0.492. The molecular formula is C20H16ClN3O3. The van der Waals surface area contributed by atoms with Gasteiger partial charge in [-0.3, -0.25) is 9.59 Å². The highest BCUT2D eigenvalue weighted by atomic mass is 35.5. The van der Waals surface area contributed by atoms with Crippen LogP contribution in [0.4, 0.5) is 0 Å². The lowest BCUT2D eigenvalue weighted by Gasteiger charge is -2.06. The fourth-order valence-corrected chi connectivity index (χ4v) is 2.62. The van der Waals surface area contributed by atoms with Crippen LogP contribution in [0.3, 0.4) is 0 Å². The molecular weight excluding hydrogens is 366 g/mol. The molecule has 27 heavy (non-hydrogen) atoms. The molecule has 0 aliphatic rings. The zero-order chi connectivity index (χ0) is 19.2. The Bertz CT molecular complexity index is 1020. The first-order chi connectivity index (χ1) is 13.0. The molecule has 0 heterocycles. The van der Waals surface area contributed by atoms with Crippen molar-refractivity contribution in [2.24, 2.45) is 5.10 Å². The van der Waals surface area contributed by atoms with E-state index in [1.54, 1.807) is 36.4 Å². The van der Waals surface area contributed by atoms with Crippen LogP contribution in [0, 0.1) is 0 Å². The maximum absolute atomic E-state index is 11.9. The van der Waals surface area contributed by atoms with Crippen LogP contribution in [0.2, 0.25) is 5.02 Å². The standard InChI is InChI=1S/C20H16ClN3O3/c21-15-8-5-14(6-9-15)20(27)22-12-19(26)24-23-11-17-16-4-2-1-3-13(16)7-10-18(17)25/h1-11,25H,12H2,(H,22,27)(H,24,26)/b23-11+. The van der Waals surface area contributed by atoms with Gasteiger partial charge in [-0.25, -0.2) is 5.43 Å². The van der Waals surface area contributed by atoms with Crippen molar-refractivity contribution >= 4 is 40.4 Å². The third-order valence-corrected chi connectivity index (χ3v) is 4.10. The molecule has 7 heteroatoms. The highest BCUT2D eigenvalue weighted by Gasteiger charge is 2.08. The van der Waals surface area contributed by atoms with Crippen molar-refractivity contribution < 1.29 is 14.7 Å². The molecule has 0 aliphatic carbocycles. The molecule has 0 spiro atoms. The number of phenols is 1. The van der Waals surface area contributed by atoms with Gasteiger partial charge in [-0.05, 0) is 41.1 Å². The van der Waals surface area contributed by atoms with Crippen molar-refractivity contribution in [2.45, 2.75) is 0 Å². The number of hydrogen-bond donors (Lipinski definition) is 3. The van der Waals surface area contributed by atoms with Crippen LogP contribution in [0.25, 0.3) is 10.8 Å². The average Bonchev–Trinajstić information content (AvgIpc) is 2.68. The van der Waals surface area contributed by atoms with Crippen molar-refractivity contribution in [3.63, 3.8) is 0 Å². The van der Waals surface area contributed by atoms with Gasteiger partial charge in [0, 0.05) is 16.1 Å². The summed E-state index contributed by atoms with van der Waals surface area (Å²) in [6, 6.07) is 17.2. The number of nitrogens with one attached hydrogen (secondary N) is 2. The van der Waals surface area contributed by atoms with E-state index in [1.807, 2.05) is 24.3 Å². The number of hydrazone groups is 1. The summed E-state index contributed by atoms with van der Waals surface area (Å²) in [5.74, 6) is -0.825. The van der Waals surface area contributed by atoms with Gasteiger partial charge >= 0.3 is 0 Å². The number of carbonyl (C=O) groups excluding carboxylic acids is 2. The smallest absolute Gasteiger partial charge is 0.259 e. The molecule has 0 saturated heterocycles. The third-order valence-electron chi connectivity index (χ3n) is 3.85. The lowest BCUT2D eigenvalue weighted by molar-refractivity contribution is -0.120. The number of hydrogen-bond acceptors (Lipinski definition) is 4. The second kappa shape index (κ2) is 8.33. The largest absolute Gasteiger partial charge is 0.507 e. The summed E-state index contributed by atoms with van der Waals surface area (Å²) in [6.45, 7) is -0.236. The van der Waals surface area contributed by atoms with Gasteiger partial charge in [0.2, 0.25) is 0 Å². The molecule has 0 fully saturated rings. The van der Waals surface area contributed by atoms with E-state index < -0.39 is 11.8 Å². The van der Waals surface area contributed by atoms with Crippen LogP contribution in [-0.2, 0) is 4.79 Å². The normalized spacial score (nSPS) is 10.9. The molecule has 136 valence electrons. The molecule has 3 aromatic carbocycles. The summed E-state index contributed by atoms with van der Waals surface area (Å²) in [5.41, 5.74) is 3.22. The number of nitrogens with zero attached hydrogens (tertiary/aromatic N) is 1. The minimum absolute atomic E-state index is 0.0581. The van der Waals surface area contributed by atoms with Crippen LogP contribution in [-0.4, -0.2) is 29.7 Å². The Morgan fingerprint density at radius 1 is 1.04 bits per heavy atom. The molecule has 0 aliphatic heterocycles. The third kappa shape index (κ3) is 4.62. The van der Waals surface area contributed by atoms with E-state index in [1.165, 1.54) is 6.21 Å². The number of rotatable bonds is 5. The Kier molecular flexibility index (Phi) is 5.68. The average molecular weight is 382 g/mol. The number of aromatic hydroxyl groups is 1. The van der Waals surface area contributed by atoms with Gasteiger partial charge in [0.05, 0.1) is 12.8 Å². The molecule has 0 bridgehead atoms. The van der Waals surface area contributed by atoms with Gasteiger partial charge in [-0.15, -0.1) is 0 Å². The first-order valence-corrected chi connectivity index (χ1v) is 8.49. The summed E-state index contributed by atoms with van der Waals surface area (Å²) >= 11 is 5.77. The van der Waals surface area contributed by atoms with E-state index in [9.17, 15) is 14.7 Å². The van der Waals surface area contributed by atoms with Crippen LogP contribution in [0.15, 0.2) is 65.8 Å². The fraction of sp³-hybridized carbons (Fsp3) is 0.0500. The summed E-state index contributed by atoms with van der Waals surface area (Å²) in [6.07, 6.45) is 1.37. The molecule has 0 saturated carbocycles. The summed E-state index contributed by atoms with van der Waals surface area (Å²) < 4.78 is 0. The van der Waals surface area contributed by atoms with Crippen LogP contribution < -0.4 is 10.7 Å². The SMILES string of the molecule is O=C(CNC(=O)c1ccc(Cl)cc1)N/N=C/c1c(O)ccc2ccccc12. The molecule has 0 atom stereocenters. The van der Waals surface area contributed by atoms with E-state index in [-0.39, 0.29) is 12.3 Å². The Morgan fingerprint density at radius 3 is 2.56 bits per heavy atom. The topological polar surface area (TPSA) is 90.8 Å². The van der Waals surface area contributed by atoms with Crippen molar-refractivity contribution in [2.75, 3.05) is 6.54 Å². The second-order valence-electron chi connectivity index (χ2n) is 5.70. The maximum atomic E-state index is 11.9. The zero-order valence-electron chi connectivity index (χ0n) is 14.1. The van der Waals surface area contributed by atoms with E-state index >= 15 is 0 Å². The van der Waals surface area contributed by atoms with E-state index in [0.29, 0.717) is 16.1 Å². The van der Waals surface area contributed by atoms with Gasteiger partial charge in [0.1, 0.15) is 5.75 Å². The monoisotopic (exact) mass is 381 g/mol. The van der Waals surface area contributed by atoms with Gasteiger partial charge in [-0.2, -0.15) is 5.10 Å². The summed E-state index contributed by atoms with van der Waals surface area (Å²) in [4.78, 5) is 23.8. The number of carbonyl (C=O) groups is 2. The van der Waals surface area contributed by atoms with Gasteiger partial charge in [0.15, 0.2) is 0 Å². The zero-order valence-corrected chi connectivity index (χ0v) is 14.9. The fourth-order valence-electron chi connectivity index (χ4n) is 2.49. The molecule has 3 N–H and O–H groups in total. The molecule has 0 unspecified atom stereocenters. The summed E-state index contributed by atoms with van der Waals surface area (Å²) in [5, 5.41) is 18.7. The predicted molar refractivity (Wildman–Crippen MR) is 105 cm³/mol. The lowest BCUT2D eigenvalue weighted by Crippen LogP contribution is -2.34. The number of amides is 2. The van der Waals surface area contributed by atoms with E-state index in [0.717, 1.165) is 10.8 Å². The first kappa shape index (κ1) is 18.4. The first-order valence-electron chi connectivity index (χ1n) is 8.11. The Hall–Kier alpha value is -3.38. The lowest BCUT2D eigenvalue weighted by atomic mass is 10.0. The van der Waals surface area contributed by atoms with Crippen molar-refractivity contribution in [1.82, 2.24) is 10.7 Å². The molecule has 6 nitrogen and oxygen atoms in total. The van der Waals surface area contributed by atoms with Gasteiger partial charge in [-0.1, -0.05) is 41.9 Å². The molecule has 3 rings (SSSR count). The quantitative estimate of drug-likeness (QED) is 0.468. The molecule has 2 amide bonds. The summed E-state index contributed by atoms with van der Waals surface area (Å²) in [7, 11) is 0. The molecule has 0 aromatic heterocycles. The predicted octanol–water partition coefficient (Wildman–Crippen LogP) is 3.08. The van der Waals surface area contributed by atoms with Crippen molar-refractivity contribution in [3.05, 3.63) is 76.8 Å². The Labute approximate surface area is 160 Å². The Balaban J connectivity index is 1.59. The van der Waals surface area contributed by atoms with E-state index in [2.05, 4.69) is 15.8 Å². The molecule has 0 radical (unpaired) electrons. The number of halogens is 1.